The summed E-state index contributed by atoms with van der Waals surface area (Å²) < 4.78 is 38.2. The van der Waals surface area contributed by atoms with Crippen LogP contribution in [-0.2, 0) is 6.18 Å². The van der Waals surface area contributed by atoms with Crippen molar-refractivity contribution in [1.29, 1.82) is 0 Å². The summed E-state index contributed by atoms with van der Waals surface area (Å²) in [5, 5.41) is 9.37. The Kier molecular flexibility index (Phi) is 3.89. The number of nitrogens with zero attached hydrogens (tertiary/aromatic N) is 1. The summed E-state index contributed by atoms with van der Waals surface area (Å²) in [6.07, 6.45) is -4.20. The lowest BCUT2D eigenvalue weighted by Crippen LogP contribution is -2.40. The molecule has 1 saturated heterocycles. The number of aliphatic hydroxyl groups excluding tert-OH is 1. The number of amides is 1. The molecule has 4 nitrogen and oxygen atoms in total. The molecule has 1 heterocycles. The molecule has 1 fully saturated rings. The van der Waals surface area contributed by atoms with Gasteiger partial charge in [0.05, 0.1) is 22.9 Å². The number of nitrogens with two attached hydrogens (primary N) is 1. The van der Waals surface area contributed by atoms with E-state index in [9.17, 15) is 23.1 Å². The van der Waals surface area contributed by atoms with E-state index in [4.69, 9.17) is 5.73 Å². The van der Waals surface area contributed by atoms with Crippen LogP contribution in [0.5, 0.6) is 0 Å². The Balaban J connectivity index is 2.27. The minimum atomic E-state index is -4.58. The minimum Gasteiger partial charge on any atom is -0.398 e. The van der Waals surface area contributed by atoms with Gasteiger partial charge in [0, 0.05) is 13.1 Å². The van der Waals surface area contributed by atoms with Crippen molar-refractivity contribution in [2.45, 2.75) is 25.1 Å². The third-order valence-corrected chi connectivity index (χ3v) is 3.39. The zero-order valence-corrected chi connectivity index (χ0v) is 10.7. The predicted molar refractivity (Wildman–Crippen MR) is 67.0 cm³/mol. The monoisotopic (exact) mass is 288 g/mol. The van der Waals surface area contributed by atoms with E-state index in [2.05, 4.69) is 0 Å². The topological polar surface area (TPSA) is 66.6 Å². The van der Waals surface area contributed by atoms with Gasteiger partial charge < -0.3 is 15.7 Å². The molecule has 0 bridgehead atoms. The highest BCUT2D eigenvalue weighted by Crippen LogP contribution is 2.35. The van der Waals surface area contributed by atoms with Crippen molar-refractivity contribution < 1.29 is 23.1 Å². The smallest absolute Gasteiger partial charge is 0.398 e. The van der Waals surface area contributed by atoms with Gasteiger partial charge in [-0.3, -0.25) is 4.79 Å². The molecule has 1 amide bonds. The van der Waals surface area contributed by atoms with Crippen molar-refractivity contribution in [3.8, 4) is 0 Å². The van der Waals surface area contributed by atoms with Crippen LogP contribution in [0.2, 0.25) is 0 Å². The van der Waals surface area contributed by atoms with Gasteiger partial charge in [0.2, 0.25) is 0 Å². The minimum absolute atomic E-state index is 0.142. The molecular formula is C13H15F3N2O2. The summed E-state index contributed by atoms with van der Waals surface area (Å²) in [5.41, 5.74) is 3.80. The first-order chi connectivity index (χ1) is 9.30. The van der Waals surface area contributed by atoms with Gasteiger partial charge in [-0.15, -0.1) is 0 Å². The molecule has 1 aromatic carbocycles. The third kappa shape index (κ3) is 2.87. The maximum absolute atomic E-state index is 12.7. The predicted octanol–water partition coefficient (Wildman–Crippen LogP) is 1.88. The van der Waals surface area contributed by atoms with Crippen molar-refractivity contribution in [3.05, 3.63) is 29.3 Å². The zero-order chi connectivity index (χ0) is 14.9. The summed E-state index contributed by atoms with van der Waals surface area (Å²) in [4.78, 5) is 13.6. The van der Waals surface area contributed by atoms with Crippen LogP contribution in [0.4, 0.5) is 18.9 Å². The van der Waals surface area contributed by atoms with Gasteiger partial charge in [0.1, 0.15) is 0 Å². The standard InChI is InChI=1S/C13H15F3N2O2/c14-13(15,16)10-3-1-2-9(11(10)17)12(20)18-6-4-8(19)5-7-18/h1-3,8,19H,4-7,17H2. The van der Waals surface area contributed by atoms with E-state index >= 15 is 0 Å². The van der Waals surface area contributed by atoms with E-state index in [1.54, 1.807) is 0 Å². The molecule has 7 heteroatoms. The Morgan fingerprint density at radius 3 is 2.45 bits per heavy atom. The molecule has 0 spiro atoms. The molecule has 0 radical (unpaired) electrons. The molecular weight excluding hydrogens is 273 g/mol. The number of carbonyl (C=O) groups is 1. The summed E-state index contributed by atoms with van der Waals surface area (Å²) >= 11 is 0. The second-order valence-corrected chi connectivity index (χ2v) is 4.79. The average Bonchev–Trinajstić information content (AvgIpc) is 2.37. The van der Waals surface area contributed by atoms with E-state index in [0.29, 0.717) is 25.9 Å². The quantitative estimate of drug-likeness (QED) is 0.775. The maximum Gasteiger partial charge on any atom is 0.418 e. The molecule has 20 heavy (non-hydrogen) atoms. The first-order valence-corrected chi connectivity index (χ1v) is 6.23. The van der Waals surface area contributed by atoms with Crippen molar-refractivity contribution >= 4 is 11.6 Å². The van der Waals surface area contributed by atoms with Gasteiger partial charge >= 0.3 is 6.18 Å². The van der Waals surface area contributed by atoms with E-state index in [0.717, 1.165) is 6.07 Å². The molecule has 0 saturated carbocycles. The lowest BCUT2D eigenvalue weighted by Gasteiger charge is -2.30. The Hall–Kier alpha value is -1.76. The van der Waals surface area contributed by atoms with Crippen LogP contribution in [0, 0.1) is 0 Å². The maximum atomic E-state index is 12.7. The molecule has 0 unspecified atom stereocenters. The Labute approximate surface area is 114 Å². The van der Waals surface area contributed by atoms with Gasteiger partial charge in [-0.2, -0.15) is 13.2 Å². The van der Waals surface area contributed by atoms with E-state index in [1.807, 2.05) is 0 Å². The number of benzene rings is 1. The molecule has 0 atom stereocenters. The van der Waals surface area contributed by atoms with E-state index in [1.165, 1.54) is 17.0 Å². The fourth-order valence-corrected chi connectivity index (χ4v) is 2.24. The molecule has 2 rings (SSSR count). The Morgan fingerprint density at radius 1 is 1.30 bits per heavy atom. The number of nitrogen functional groups attached to an aromatic ring is 1. The Morgan fingerprint density at radius 2 is 1.90 bits per heavy atom. The van der Waals surface area contributed by atoms with Crippen LogP contribution in [0.15, 0.2) is 18.2 Å². The highest BCUT2D eigenvalue weighted by molar-refractivity contribution is 5.99. The fourth-order valence-electron chi connectivity index (χ4n) is 2.24. The van der Waals surface area contributed by atoms with Crippen LogP contribution < -0.4 is 5.73 Å². The number of likely N-dealkylation sites (tertiary alicyclic amines) is 1. The van der Waals surface area contributed by atoms with Crippen LogP contribution in [0.3, 0.4) is 0 Å². The van der Waals surface area contributed by atoms with E-state index < -0.39 is 29.4 Å². The van der Waals surface area contributed by atoms with Gasteiger partial charge in [-0.05, 0) is 25.0 Å². The number of alkyl halides is 3. The average molecular weight is 288 g/mol. The highest BCUT2D eigenvalue weighted by Gasteiger charge is 2.35. The van der Waals surface area contributed by atoms with E-state index in [-0.39, 0.29) is 5.56 Å². The van der Waals surface area contributed by atoms with Gasteiger partial charge in [-0.25, -0.2) is 0 Å². The number of halogens is 3. The summed E-state index contributed by atoms with van der Waals surface area (Å²) in [6, 6.07) is 3.31. The second kappa shape index (κ2) is 5.32. The summed E-state index contributed by atoms with van der Waals surface area (Å²) in [7, 11) is 0. The SMILES string of the molecule is Nc1c(C(=O)N2CCC(O)CC2)cccc1C(F)(F)F. The van der Waals surface area contributed by atoms with Gasteiger partial charge in [0.25, 0.3) is 5.91 Å². The number of para-hydroxylation sites is 1. The highest BCUT2D eigenvalue weighted by atomic mass is 19.4. The normalized spacial score (nSPS) is 17.3. The molecule has 3 N–H and O–H groups in total. The first kappa shape index (κ1) is 14.6. The number of hydrogen-bond acceptors (Lipinski definition) is 3. The van der Waals surface area contributed by atoms with Crippen LogP contribution >= 0.6 is 0 Å². The van der Waals surface area contributed by atoms with Gasteiger partial charge in [0.15, 0.2) is 0 Å². The fraction of sp³-hybridized carbons (Fsp3) is 0.462. The molecule has 1 aliphatic heterocycles. The first-order valence-electron chi connectivity index (χ1n) is 6.23. The number of aliphatic hydroxyl groups is 1. The second-order valence-electron chi connectivity index (χ2n) is 4.79. The van der Waals surface area contributed by atoms with Crippen molar-refractivity contribution in [1.82, 2.24) is 4.90 Å². The summed E-state index contributed by atoms with van der Waals surface area (Å²) in [5.74, 6) is -0.527. The van der Waals surface area contributed by atoms with Crippen LogP contribution in [0.1, 0.15) is 28.8 Å². The van der Waals surface area contributed by atoms with Crippen LogP contribution in [-0.4, -0.2) is 35.1 Å². The third-order valence-electron chi connectivity index (χ3n) is 3.39. The number of rotatable bonds is 1. The largest absolute Gasteiger partial charge is 0.418 e. The Bertz CT molecular complexity index is 509. The molecule has 1 aliphatic rings. The molecule has 0 aromatic heterocycles. The number of anilines is 1. The molecule has 1 aromatic rings. The lowest BCUT2D eigenvalue weighted by atomic mass is 10.0. The van der Waals surface area contributed by atoms with Gasteiger partial charge in [-0.1, -0.05) is 6.07 Å². The lowest BCUT2D eigenvalue weighted by molar-refractivity contribution is -0.136. The molecule has 0 aliphatic carbocycles. The number of hydrogen-bond donors (Lipinski definition) is 2. The van der Waals surface area contributed by atoms with Crippen molar-refractivity contribution in [3.63, 3.8) is 0 Å². The molecule has 110 valence electrons. The zero-order valence-electron chi connectivity index (χ0n) is 10.7. The number of piperidine rings is 1. The van der Waals surface area contributed by atoms with Crippen molar-refractivity contribution in [2.24, 2.45) is 0 Å². The van der Waals surface area contributed by atoms with Crippen LogP contribution in [0.25, 0.3) is 0 Å². The number of carbonyl (C=O) groups excluding carboxylic acids is 1. The van der Waals surface area contributed by atoms with Crippen molar-refractivity contribution in [2.75, 3.05) is 18.8 Å². The summed E-state index contributed by atoms with van der Waals surface area (Å²) in [6.45, 7) is 0.630.